The van der Waals surface area contributed by atoms with E-state index >= 15 is 0 Å². The van der Waals surface area contributed by atoms with Gasteiger partial charge < -0.3 is 0 Å². The average Bonchev–Trinajstić information content (AvgIpc) is 2.38. The second kappa shape index (κ2) is 6.85. The van der Waals surface area contributed by atoms with Crippen molar-refractivity contribution < 1.29 is 0 Å². The van der Waals surface area contributed by atoms with Gasteiger partial charge in [-0.15, -0.1) is 0 Å². The number of benzene rings is 1. The Morgan fingerprint density at radius 2 is 1.76 bits per heavy atom. The van der Waals surface area contributed by atoms with Crippen LogP contribution in [0.25, 0.3) is 5.57 Å². The average molecular weight is 227 g/mol. The van der Waals surface area contributed by atoms with Crippen LogP contribution in [0.3, 0.4) is 0 Å². The SMILES string of the molecule is CC=CC(=CCC)c1ccc(C(C)=NC)cc1. The Labute approximate surface area is 105 Å². The molecule has 17 heavy (non-hydrogen) atoms. The van der Waals surface area contributed by atoms with Crippen molar-refractivity contribution >= 4 is 11.3 Å². The van der Waals surface area contributed by atoms with Gasteiger partial charge in [0.2, 0.25) is 0 Å². The molecule has 1 nitrogen and oxygen atoms in total. The third-order valence-corrected chi connectivity index (χ3v) is 2.74. The first-order valence-electron chi connectivity index (χ1n) is 6.10. The van der Waals surface area contributed by atoms with E-state index in [-0.39, 0.29) is 0 Å². The Morgan fingerprint density at radius 1 is 1.18 bits per heavy atom. The maximum Gasteiger partial charge on any atom is 0.0386 e. The van der Waals surface area contributed by atoms with Crippen molar-refractivity contribution in [3.63, 3.8) is 0 Å². The number of hydrogen-bond acceptors (Lipinski definition) is 1. The predicted molar refractivity (Wildman–Crippen MR) is 77.7 cm³/mol. The minimum Gasteiger partial charge on any atom is -0.293 e. The van der Waals surface area contributed by atoms with Crippen molar-refractivity contribution in [2.45, 2.75) is 27.2 Å². The lowest BCUT2D eigenvalue weighted by Crippen LogP contribution is -1.94. The van der Waals surface area contributed by atoms with Gasteiger partial charge in [-0.3, -0.25) is 4.99 Å². The highest BCUT2D eigenvalue weighted by atomic mass is 14.7. The molecule has 0 aliphatic rings. The summed E-state index contributed by atoms with van der Waals surface area (Å²) in [5, 5.41) is 0. The predicted octanol–water partition coefficient (Wildman–Crippen LogP) is 4.49. The molecule has 0 heterocycles. The van der Waals surface area contributed by atoms with Crippen molar-refractivity contribution in [1.82, 2.24) is 0 Å². The highest BCUT2D eigenvalue weighted by Crippen LogP contribution is 2.17. The van der Waals surface area contributed by atoms with Crippen molar-refractivity contribution in [1.29, 1.82) is 0 Å². The summed E-state index contributed by atoms with van der Waals surface area (Å²) in [6.45, 7) is 6.24. The van der Waals surface area contributed by atoms with E-state index in [1.807, 2.05) is 20.9 Å². The number of nitrogens with zero attached hydrogens (tertiary/aromatic N) is 1. The minimum atomic E-state index is 1.05. The number of allylic oxidation sites excluding steroid dienone is 4. The summed E-state index contributed by atoms with van der Waals surface area (Å²) in [5.74, 6) is 0. The van der Waals surface area contributed by atoms with Crippen molar-refractivity contribution in [2.75, 3.05) is 7.05 Å². The summed E-state index contributed by atoms with van der Waals surface area (Å²) < 4.78 is 0. The number of rotatable bonds is 4. The summed E-state index contributed by atoms with van der Waals surface area (Å²) in [5.41, 5.74) is 4.81. The molecule has 0 fully saturated rings. The molecule has 0 N–H and O–H groups in total. The van der Waals surface area contributed by atoms with Crippen LogP contribution in [-0.2, 0) is 0 Å². The summed E-state index contributed by atoms with van der Waals surface area (Å²) in [6.07, 6.45) is 7.53. The third kappa shape index (κ3) is 3.70. The molecule has 0 spiro atoms. The molecule has 1 heteroatoms. The second-order valence-electron chi connectivity index (χ2n) is 3.95. The van der Waals surface area contributed by atoms with Gasteiger partial charge in [-0.05, 0) is 37.0 Å². The molecule has 0 aliphatic carbocycles. The monoisotopic (exact) mass is 227 g/mol. The molecule has 1 aromatic carbocycles. The van der Waals surface area contributed by atoms with Crippen LogP contribution >= 0.6 is 0 Å². The number of aliphatic imine (C=N–C) groups is 1. The molecule has 0 saturated carbocycles. The fourth-order valence-electron chi connectivity index (χ4n) is 1.71. The zero-order valence-corrected chi connectivity index (χ0v) is 11.2. The van der Waals surface area contributed by atoms with Gasteiger partial charge >= 0.3 is 0 Å². The lowest BCUT2D eigenvalue weighted by molar-refractivity contribution is 1.23. The molecule has 0 radical (unpaired) electrons. The zero-order valence-electron chi connectivity index (χ0n) is 11.2. The van der Waals surface area contributed by atoms with Gasteiger partial charge in [-0.25, -0.2) is 0 Å². The first-order chi connectivity index (χ1) is 8.22. The van der Waals surface area contributed by atoms with Gasteiger partial charge in [0.05, 0.1) is 0 Å². The van der Waals surface area contributed by atoms with E-state index in [2.05, 4.69) is 54.4 Å². The highest BCUT2D eigenvalue weighted by Gasteiger charge is 1.99. The van der Waals surface area contributed by atoms with E-state index in [1.54, 1.807) is 0 Å². The molecule has 1 aromatic rings. The fraction of sp³-hybridized carbons (Fsp3) is 0.312. The molecular weight excluding hydrogens is 206 g/mol. The van der Waals surface area contributed by atoms with Gasteiger partial charge in [-0.2, -0.15) is 0 Å². The summed E-state index contributed by atoms with van der Waals surface area (Å²) in [4.78, 5) is 4.19. The quantitative estimate of drug-likeness (QED) is 0.530. The lowest BCUT2D eigenvalue weighted by Gasteiger charge is -2.05. The Bertz CT molecular complexity index is 433. The van der Waals surface area contributed by atoms with E-state index in [9.17, 15) is 0 Å². The van der Waals surface area contributed by atoms with Crippen LogP contribution in [0.5, 0.6) is 0 Å². The smallest absolute Gasteiger partial charge is 0.0386 e. The minimum absolute atomic E-state index is 1.05. The van der Waals surface area contributed by atoms with Gasteiger partial charge in [-0.1, -0.05) is 49.4 Å². The van der Waals surface area contributed by atoms with Crippen LogP contribution in [0.1, 0.15) is 38.3 Å². The fourth-order valence-corrected chi connectivity index (χ4v) is 1.71. The Morgan fingerprint density at radius 3 is 2.24 bits per heavy atom. The van der Waals surface area contributed by atoms with Crippen LogP contribution in [0, 0.1) is 0 Å². The lowest BCUT2D eigenvalue weighted by atomic mass is 10.0. The second-order valence-corrected chi connectivity index (χ2v) is 3.95. The van der Waals surface area contributed by atoms with Crippen LogP contribution in [0.2, 0.25) is 0 Å². The molecule has 0 amide bonds. The maximum absolute atomic E-state index is 4.19. The topological polar surface area (TPSA) is 12.4 Å². The van der Waals surface area contributed by atoms with E-state index < -0.39 is 0 Å². The largest absolute Gasteiger partial charge is 0.293 e. The summed E-state index contributed by atoms with van der Waals surface area (Å²) in [6, 6.07) is 8.58. The zero-order chi connectivity index (χ0) is 12.7. The van der Waals surface area contributed by atoms with E-state index in [0.29, 0.717) is 0 Å². The van der Waals surface area contributed by atoms with Gasteiger partial charge in [0.25, 0.3) is 0 Å². The summed E-state index contributed by atoms with van der Waals surface area (Å²) in [7, 11) is 1.82. The molecule has 1 rings (SSSR count). The third-order valence-electron chi connectivity index (χ3n) is 2.74. The molecule has 0 bridgehead atoms. The molecule has 90 valence electrons. The summed E-state index contributed by atoms with van der Waals surface area (Å²) >= 11 is 0. The Kier molecular flexibility index (Phi) is 5.41. The molecule has 0 aliphatic heterocycles. The normalized spacial score (nSPS) is 13.4. The number of hydrogen-bond donors (Lipinski definition) is 0. The molecule has 0 unspecified atom stereocenters. The van der Waals surface area contributed by atoms with Gasteiger partial charge in [0.15, 0.2) is 0 Å². The van der Waals surface area contributed by atoms with Crippen LogP contribution in [-0.4, -0.2) is 12.8 Å². The van der Waals surface area contributed by atoms with Crippen LogP contribution in [0.4, 0.5) is 0 Å². The van der Waals surface area contributed by atoms with E-state index in [4.69, 9.17) is 0 Å². The first kappa shape index (κ1) is 13.4. The highest BCUT2D eigenvalue weighted by molar-refractivity contribution is 5.98. The van der Waals surface area contributed by atoms with Crippen molar-refractivity contribution in [2.24, 2.45) is 4.99 Å². The van der Waals surface area contributed by atoms with E-state index in [1.165, 1.54) is 16.7 Å². The first-order valence-corrected chi connectivity index (χ1v) is 6.10. The van der Waals surface area contributed by atoms with Gasteiger partial charge in [0, 0.05) is 12.8 Å². The van der Waals surface area contributed by atoms with Crippen molar-refractivity contribution in [3.05, 3.63) is 53.6 Å². The molecule has 0 atom stereocenters. The molecule has 0 saturated heterocycles. The standard InChI is InChI=1S/C16H21N/c1-5-7-15(8-6-2)16-11-9-14(10-12-16)13(3)17-4/h5,7-12H,6H2,1-4H3. The Balaban J connectivity index is 3.04. The van der Waals surface area contributed by atoms with Crippen molar-refractivity contribution in [3.8, 4) is 0 Å². The Hall–Kier alpha value is -1.63. The van der Waals surface area contributed by atoms with Gasteiger partial charge in [0.1, 0.15) is 0 Å². The van der Waals surface area contributed by atoms with Crippen LogP contribution in [0.15, 0.2) is 47.5 Å². The molecular formula is C16H21N. The van der Waals surface area contributed by atoms with E-state index in [0.717, 1.165) is 12.1 Å². The molecule has 0 aromatic heterocycles. The maximum atomic E-state index is 4.19. The van der Waals surface area contributed by atoms with Crippen LogP contribution < -0.4 is 0 Å².